The van der Waals surface area contributed by atoms with Gasteiger partial charge in [-0.25, -0.2) is 4.79 Å². The minimum absolute atomic E-state index is 0.154. The van der Waals surface area contributed by atoms with E-state index in [4.69, 9.17) is 18.6 Å². The van der Waals surface area contributed by atoms with E-state index in [2.05, 4.69) is 69.3 Å². The lowest BCUT2D eigenvalue weighted by molar-refractivity contribution is -0.0681. The Morgan fingerprint density at radius 2 is 1.50 bits per heavy atom. The summed E-state index contributed by atoms with van der Waals surface area (Å²) in [6.45, 7) is 13.4. The molecule has 2 aromatic rings. The predicted molar refractivity (Wildman–Crippen MR) is 146 cm³/mol. The maximum atomic E-state index is 12.8. The molecule has 1 aliphatic rings. The zero-order valence-electron chi connectivity index (χ0n) is 22.7. The van der Waals surface area contributed by atoms with Crippen molar-refractivity contribution in [2.24, 2.45) is 0 Å². The fraction of sp³-hybridized carbons (Fsp3) is 0.483. The Morgan fingerprint density at radius 3 is 1.97 bits per heavy atom. The molecule has 196 valence electrons. The van der Waals surface area contributed by atoms with Crippen molar-refractivity contribution in [1.29, 1.82) is 0 Å². The number of amides is 1. The average molecular weight is 512 g/mol. The minimum Gasteiger partial charge on any atom is -0.443 e. The molecule has 0 fully saturated rings. The van der Waals surface area contributed by atoms with Gasteiger partial charge in [-0.1, -0.05) is 81.4 Å². The Hall–Kier alpha value is -2.45. The fourth-order valence-corrected chi connectivity index (χ4v) is 9.22. The zero-order valence-corrected chi connectivity index (χ0v) is 23.7. The summed E-state index contributed by atoms with van der Waals surface area (Å²) in [5.74, 6) is 0. The molecule has 0 bridgehead atoms. The molecular weight excluding hydrogens is 470 g/mol. The van der Waals surface area contributed by atoms with E-state index in [-0.39, 0.29) is 24.0 Å². The molecule has 6 nitrogen and oxygen atoms in total. The van der Waals surface area contributed by atoms with Gasteiger partial charge in [0.1, 0.15) is 12.4 Å². The second-order valence-corrected chi connectivity index (χ2v) is 15.5. The first-order valence-corrected chi connectivity index (χ1v) is 14.4. The fourth-order valence-electron chi connectivity index (χ4n) is 4.68. The summed E-state index contributed by atoms with van der Waals surface area (Å²) in [5.41, 5.74) is 0.331. The SMILES string of the molecule is COCOC1CCN(C(=O)OC(C)(C)C)C=C1CO[Si](c1ccccc1)(c1ccccc1)C(C)(C)C. The van der Waals surface area contributed by atoms with Gasteiger partial charge < -0.3 is 18.6 Å². The highest BCUT2D eigenvalue weighted by Gasteiger charge is 2.50. The molecule has 1 atom stereocenters. The van der Waals surface area contributed by atoms with Crippen molar-refractivity contribution < 1.29 is 23.4 Å². The molecule has 0 aromatic heterocycles. The molecule has 3 rings (SSSR count). The topological polar surface area (TPSA) is 57.2 Å². The van der Waals surface area contributed by atoms with Crippen LogP contribution in [0.25, 0.3) is 0 Å². The number of nitrogens with zero attached hydrogens (tertiary/aromatic N) is 1. The normalized spacial score (nSPS) is 17.0. The van der Waals surface area contributed by atoms with E-state index < -0.39 is 13.9 Å². The van der Waals surface area contributed by atoms with Crippen molar-refractivity contribution >= 4 is 24.8 Å². The van der Waals surface area contributed by atoms with Gasteiger partial charge in [-0.05, 0) is 48.2 Å². The van der Waals surface area contributed by atoms with Gasteiger partial charge in [0.15, 0.2) is 0 Å². The number of hydrogen-bond acceptors (Lipinski definition) is 5. The van der Waals surface area contributed by atoms with Crippen LogP contribution in [0.15, 0.2) is 72.4 Å². The predicted octanol–water partition coefficient (Wildman–Crippen LogP) is 5.08. The van der Waals surface area contributed by atoms with Crippen LogP contribution in [0.4, 0.5) is 4.79 Å². The smallest absolute Gasteiger partial charge is 0.414 e. The number of ether oxygens (including phenoxy) is 3. The minimum atomic E-state index is -2.74. The second kappa shape index (κ2) is 11.7. The van der Waals surface area contributed by atoms with E-state index in [9.17, 15) is 4.79 Å². The average Bonchev–Trinajstić information content (AvgIpc) is 2.83. The van der Waals surface area contributed by atoms with Crippen LogP contribution in [-0.4, -0.2) is 58.1 Å². The molecule has 0 spiro atoms. The van der Waals surface area contributed by atoms with Crippen molar-refractivity contribution in [3.8, 4) is 0 Å². The van der Waals surface area contributed by atoms with Crippen molar-refractivity contribution in [3.63, 3.8) is 0 Å². The van der Waals surface area contributed by atoms with Gasteiger partial charge in [-0.3, -0.25) is 4.90 Å². The van der Waals surface area contributed by atoms with Gasteiger partial charge in [0, 0.05) is 19.9 Å². The van der Waals surface area contributed by atoms with Crippen LogP contribution in [-0.2, 0) is 18.6 Å². The largest absolute Gasteiger partial charge is 0.443 e. The number of carbonyl (C=O) groups is 1. The third kappa shape index (κ3) is 6.65. The van der Waals surface area contributed by atoms with Crippen molar-refractivity contribution in [3.05, 3.63) is 72.4 Å². The van der Waals surface area contributed by atoms with Crippen molar-refractivity contribution in [1.82, 2.24) is 4.90 Å². The van der Waals surface area contributed by atoms with Gasteiger partial charge in [-0.15, -0.1) is 0 Å². The highest BCUT2D eigenvalue weighted by molar-refractivity contribution is 6.99. The zero-order chi connectivity index (χ0) is 26.4. The van der Waals surface area contributed by atoms with Crippen LogP contribution in [0.1, 0.15) is 48.0 Å². The summed E-state index contributed by atoms with van der Waals surface area (Å²) in [4.78, 5) is 14.5. The highest BCUT2D eigenvalue weighted by atomic mass is 28.4. The molecule has 0 saturated carbocycles. The first-order valence-electron chi connectivity index (χ1n) is 12.5. The quantitative estimate of drug-likeness (QED) is 0.366. The molecule has 1 aliphatic heterocycles. The number of rotatable bonds is 8. The van der Waals surface area contributed by atoms with Crippen LogP contribution in [0, 0.1) is 0 Å². The van der Waals surface area contributed by atoms with Gasteiger partial charge in [0.2, 0.25) is 0 Å². The van der Waals surface area contributed by atoms with Gasteiger partial charge in [0.05, 0.1) is 12.7 Å². The van der Waals surface area contributed by atoms with Crippen LogP contribution in [0.5, 0.6) is 0 Å². The Balaban J connectivity index is 2.01. The molecule has 36 heavy (non-hydrogen) atoms. The Morgan fingerprint density at radius 1 is 0.944 bits per heavy atom. The molecular formula is C29H41NO5Si. The molecule has 0 aliphatic carbocycles. The van der Waals surface area contributed by atoms with E-state index in [1.165, 1.54) is 10.4 Å². The molecule has 1 amide bonds. The number of carbonyl (C=O) groups excluding carboxylic acids is 1. The Kier molecular flexibility index (Phi) is 9.16. The van der Waals surface area contributed by atoms with E-state index in [0.717, 1.165) is 5.57 Å². The Labute approximate surface area is 217 Å². The standard InChI is InChI=1S/C29H41NO5Si/c1-28(2,3)35-27(31)30-19-18-26(33-22-32-7)23(20-30)21-34-36(29(4,5)6,24-14-10-8-11-15-24)25-16-12-9-13-17-25/h8-17,20,26H,18-19,21-22H2,1-7H3. The number of benzene rings is 2. The maximum absolute atomic E-state index is 12.8. The first kappa shape index (κ1) is 28.1. The number of hydrogen-bond donors (Lipinski definition) is 0. The summed E-state index contributed by atoms with van der Waals surface area (Å²) in [5, 5.41) is 2.26. The van der Waals surface area contributed by atoms with Crippen LogP contribution in [0.2, 0.25) is 5.04 Å². The molecule has 0 radical (unpaired) electrons. The van der Waals surface area contributed by atoms with Crippen LogP contribution >= 0.6 is 0 Å². The molecule has 0 N–H and O–H groups in total. The summed E-state index contributed by atoms with van der Waals surface area (Å²) < 4.78 is 23.9. The third-order valence-electron chi connectivity index (χ3n) is 6.25. The maximum Gasteiger partial charge on any atom is 0.414 e. The summed E-state index contributed by atoms with van der Waals surface area (Å²) in [6, 6.07) is 21.1. The van der Waals surface area contributed by atoms with E-state index >= 15 is 0 Å². The summed E-state index contributed by atoms with van der Waals surface area (Å²) >= 11 is 0. The van der Waals surface area contributed by atoms with Crippen molar-refractivity contribution in [2.45, 2.75) is 64.7 Å². The van der Waals surface area contributed by atoms with Gasteiger partial charge >= 0.3 is 6.09 Å². The van der Waals surface area contributed by atoms with Crippen LogP contribution in [0.3, 0.4) is 0 Å². The lowest BCUT2D eigenvalue weighted by atomic mass is 10.0. The molecule has 1 unspecified atom stereocenters. The molecule has 1 heterocycles. The lowest BCUT2D eigenvalue weighted by Crippen LogP contribution is -2.66. The van der Waals surface area contributed by atoms with Crippen LogP contribution < -0.4 is 10.4 Å². The van der Waals surface area contributed by atoms with E-state index in [1.807, 2.05) is 39.1 Å². The highest BCUT2D eigenvalue weighted by Crippen LogP contribution is 2.37. The molecule has 2 aromatic carbocycles. The number of methoxy groups -OCH3 is 1. The monoisotopic (exact) mass is 511 g/mol. The van der Waals surface area contributed by atoms with Crippen molar-refractivity contribution in [2.75, 3.05) is 27.1 Å². The summed E-state index contributed by atoms with van der Waals surface area (Å²) in [6.07, 6.45) is 1.91. The Bertz CT molecular complexity index is 972. The molecule has 7 heteroatoms. The first-order chi connectivity index (χ1) is 17.0. The molecule has 0 saturated heterocycles. The second-order valence-electron chi connectivity index (χ2n) is 11.2. The van der Waals surface area contributed by atoms with Gasteiger partial charge in [0.25, 0.3) is 8.32 Å². The van der Waals surface area contributed by atoms with E-state index in [0.29, 0.717) is 19.6 Å². The third-order valence-corrected chi connectivity index (χ3v) is 11.2. The summed E-state index contributed by atoms with van der Waals surface area (Å²) in [7, 11) is -1.13. The van der Waals surface area contributed by atoms with E-state index in [1.54, 1.807) is 12.0 Å². The van der Waals surface area contributed by atoms with Gasteiger partial charge in [-0.2, -0.15) is 0 Å². The lowest BCUT2D eigenvalue weighted by Gasteiger charge is -2.44.